The maximum atomic E-state index is 13.0. The molecule has 0 fully saturated rings. The van der Waals surface area contributed by atoms with Gasteiger partial charge in [0.15, 0.2) is 11.6 Å². The largest absolute Gasteiger partial charge is 0.382 e. The molecule has 24 heavy (non-hydrogen) atoms. The van der Waals surface area contributed by atoms with Crippen LogP contribution in [0, 0.1) is 22.6 Å². The van der Waals surface area contributed by atoms with Crippen LogP contribution in [-0.4, -0.2) is 17.3 Å². The SMILES string of the molecule is N#C/C(=N\Nc1ccc(Cl)cc1C(=O)c1ccc(F)cc1)C(=N)N. The maximum Gasteiger partial charge on any atom is 0.201 e. The number of hydrazone groups is 1. The van der Waals surface area contributed by atoms with E-state index in [-0.39, 0.29) is 22.5 Å². The van der Waals surface area contributed by atoms with Crippen LogP contribution in [0.3, 0.4) is 0 Å². The fraction of sp³-hybridized carbons (Fsp3) is 0. The maximum absolute atomic E-state index is 13.0. The summed E-state index contributed by atoms with van der Waals surface area (Å²) in [6.07, 6.45) is 0. The van der Waals surface area contributed by atoms with Crippen LogP contribution < -0.4 is 11.2 Å². The Labute approximate surface area is 141 Å². The molecule has 2 rings (SSSR count). The molecule has 6 nitrogen and oxygen atoms in total. The van der Waals surface area contributed by atoms with Crippen LogP contribution in [0.25, 0.3) is 0 Å². The topological polar surface area (TPSA) is 115 Å². The molecule has 0 aliphatic rings. The number of nitrogens with two attached hydrogens (primary N) is 1. The number of hydrogen-bond donors (Lipinski definition) is 3. The highest BCUT2D eigenvalue weighted by Gasteiger charge is 2.15. The fourth-order valence-corrected chi connectivity index (χ4v) is 1.99. The number of hydrogen-bond acceptors (Lipinski definition) is 5. The van der Waals surface area contributed by atoms with Gasteiger partial charge in [-0.2, -0.15) is 10.4 Å². The summed E-state index contributed by atoms with van der Waals surface area (Å²) in [6.45, 7) is 0. The molecule has 8 heteroatoms. The normalized spacial score (nSPS) is 10.8. The minimum Gasteiger partial charge on any atom is -0.382 e. The molecule has 0 saturated carbocycles. The standard InChI is InChI=1S/C16H11ClFN5O/c17-10-3-6-13(22-23-14(8-19)16(20)21)12(7-10)15(24)9-1-4-11(18)5-2-9/h1-7,22H,(H3,20,21)/b23-14+. The van der Waals surface area contributed by atoms with E-state index in [2.05, 4.69) is 10.5 Å². The number of anilines is 1. The average molecular weight is 344 g/mol. The number of nitrogens with zero attached hydrogens (tertiary/aromatic N) is 2. The van der Waals surface area contributed by atoms with Crippen molar-refractivity contribution in [1.82, 2.24) is 0 Å². The van der Waals surface area contributed by atoms with E-state index in [4.69, 9.17) is 28.0 Å². The predicted molar refractivity (Wildman–Crippen MR) is 89.9 cm³/mol. The molecule has 0 spiro atoms. The van der Waals surface area contributed by atoms with Gasteiger partial charge in [0.1, 0.15) is 11.9 Å². The number of amidine groups is 1. The highest BCUT2D eigenvalue weighted by Crippen LogP contribution is 2.24. The van der Waals surface area contributed by atoms with Crippen molar-refractivity contribution in [2.45, 2.75) is 0 Å². The van der Waals surface area contributed by atoms with Gasteiger partial charge in [-0.3, -0.25) is 15.6 Å². The molecular weight excluding hydrogens is 333 g/mol. The molecule has 0 saturated heterocycles. The second-order valence-corrected chi connectivity index (χ2v) is 5.06. The molecular formula is C16H11ClFN5O. The second kappa shape index (κ2) is 7.35. The van der Waals surface area contributed by atoms with Crippen LogP contribution in [0.4, 0.5) is 10.1 Å². The molecule has 2 aromatic carbocycles. The number of ketones is 1. The number of carbonyl (C=O) groups excluding carboxylic acids is 1. The van der Waals surface area contributed by atoms with E-state index >= 15 is 0 Å². The summed E-state index contributed by atoms with van der Waals surface area (Å²) in [7, 11) is 0. The molecule has 0 amide bonds. The Balaban J connectivity index is 2.41. The molecule has 120 valence electrons. The average Bonchev–Trinajstić information content (AvgIpc) is 2.56. The lowest BCUT2D eigenvalue weighted by molar-refractivity contribution is 0.103. The van der Waals surface area contributed by atoms with Crippen molar-refractivity contribution in [2.24, 2.45) is 10.8 Å². The highest BCUT2D eigenvalue weighted by molar-refractivity contribution is 6.45. The van der Waals surface area contributed by atoms with Gasteiger partial charge in [-0.15, -0.1) is 0 Å². The predicted octanol–water partition coefficient (Wildman–Crippen LogP) is 2.94. The Morgan fingerprint density at radius 1 is 1.29 bits per heavy atom. The number of carbonyl (C=O) groups is 1. The molecule has 0 atom stereocenters. The van der Waals surface area contributed by atoms with Crippen molar-refractivity contribution >= 4 is 34.6 Å². The molecule has 0 unspecified atom stereocenters. The number of benzene rings is 2. The Kier molecular flexibility index (Phi) is 5.24. The first kappa shape index (κ1) is 17.1. The Hall–Kier alpha value is -3.24. The molecule has 4 N–H and O–H groups in total. The first-order valence-corrected chi connectivity index (χ1v) is 6.98. The molecule has 0 aromatic heterocycles. The highest BCUT2D eigenvalue weighted by atomic mass is 35.5. The van der Waals surface area contributed by atoms with Crippen molar-refractivity contribution in [3.8, 4) is 6.07 Å². The van der Waals surface area contributed by atoms with Crippen molar-refractivity contribution in [1.29, 1.82) is 10.7 Å². The van der Waals surface area contributed by atoms with Crippen LogP contribution in [0.1, 0.15) is 15.9 Å². The van der Waals surface area contributed by atoms with E-state index in [0.717, 1.165) is 0 Å². The van der Waals surface area contributed by atoms with Crippen molar-refractivity contribution in [3.63, 3.8) is 0 Å². The second-order valence-electron chi connectivity index (χ2n) is 4.62. The molecule has 0 radical (unpaired) electrons. The minimum absolute atomic E-state index is 0.179. The van der Waals surface area contributed by atoms with Gasteiger partial charge >= 0.3 is 0 Å². The monoisotopic (exact) mass is 343 g/mol. The molecule has 0 heterocycles. The Morgan fingerprint density at radius 3 is 2.54 bits per heavy atom. The van der Waals surface area contributed by atoms with E-state index in [0.29, 0.717) is 5.02 Å². The number of halogens is 2. The molecule has 0 aliphatic carbocycles. The summed E-state index contributed by atoms with van der Waals surface area (Å²) < 4.78 is 13.0. The summed E-state index contributed by atoms with van der Waals surface area (Å²) in [5.74, 6) is -1.37. The van der Waals surface area contributed by atoms with Gasteiger partial charge in [0.25, 0.3) is 0 Å². The third kappa shape index (κ3) is 3.94. The summed E-state index contributed by atoms with van der Waals surface area (Å²) >= 11 is 5.93. The summed E-state index contributed by atoms with van der Waals surface area (Å²) in [4.78, 5) is 12.6. The third-order valence-corrected chi connectivity index (χ3v) is 3.22. The van der Waals surface area contributed by atoms with E-state index in [1.807, 2.05) is 0 Å². The van der Waals surface area contributed by atoms with Crippen LogP contribution in [0.2, 0.25) is 5.02 Å². The summed E-state index contributed by atoms with van der Waals surface area (Å²) in [6, 6.07) is 11.1. The van der Waals surface area contributed by atoms with Gasteiger partial charge in [0, 0.05) is 16.1 Å². The van der Waals surface area contributed by atoms with Crippen molar-refractivity contribution in [2.75, 3.05) is 5.43 Å². The van der Waals surface area contributed by atoms with Gasteiger partial charge in [-0.05, 0) is 42.5 Å². The lowest BCUT2D eigenvalue weighted by atomic mass is 10.0. The van der Waals surface area contributed by atoms with E-state index in [9.17, 15) is 9.18 Å². The van der Waals surface area contributed by atoms with Crippen molar-refractivity contribution in [3.05, 3.63) is 64.4 Å². The lowest BCUT2D eigenvalue weighted by Gasteiger charge is -2.09. The quantitative estimate of drug-likeness (QED) is 0.335. The van der Waals surface area contributed by atoms with Crippen molar-refractivity contribution < 1.29 is 9.18 Å². The van der Waals surface area contributed by atoms with Gasteiger partial charge in [0.05, 0.1) is 5.69 Å². The summed E-state index contributed by atoms with van der Waals surface area (Å²) in [5, 5.41) is 20.1. The number of nitriles is 1. The summed E-state index contributed by atoms with van der Waals surface area (Å²) in [5.41, 5.74) is 8.11. The van der Waals surface area contributed by atoms with Crippen LogP contribution in [0.15, 0.2) is 47.6 Å². The molecule has 0 bridgehead atoms. The van der Waals surface area contributed by atoms with Gasteiger partial charge in [-0.25, -0.2) is 4.39 Å². The zero-order chi connectivity index (χ0) is 17.7. The zero-order valence-electron chi connectivity index (χ0n) is 12.2. The van der Waals surface area contributed by atoms with Gasteiger partial charge in [-0.1, -0.05) is 11.6 Å². The number of rotatable bonds is 5. The fourth-order valence-electron chi connectivity index (χ4n) is 1.82. The third-order valence-electron chi connectivity index (χ3n) is 2.98. The number of nitrogens with one attached hydrogen (secondary N) is 2. The molecule has 2 aromatic rings. The Bertz CT molecular complexity index is 871. The van der Waals surface area contributed by atoms with E-state index in [1.165, 1.54) is 42.5 Å². The van der Waals surface area contributed by atoms with Crippen LogP contribution >= 0.6 is 11.6 Å². The zero-order valence-corrected chi connectivity index (χ0v) is 12.9. The van der Waals surface area contributed by atoms with E-state index < -0.39 is 17.4 Å². The van der Waals surface area contributed by atoms with Gasteiger partial charge < -0.3 is 5.73 Å². The first-order valence-electron chi connectivity index (χ1n) is 6.60. The minimum atomic E-state index is -0.509. The van der Waals surface area contributed by atoms with E-state index in [1.54, 1.807) is 6.07 Å². The van der Waals surface area contributed by atoms with Crippen LogP contribution in [-0.2, 0) is 0 Å². The lowest BCUT2D eigenvalue weighted by Crippen LogP contribution is -2.22. The smallest absolute Gasteiger partial charge is 0.201 e. The Morgan fingerprint density at radius 2 is 1.96 bits per heavy atom. The van der Waals surface area contributed by atoms with Crippen LogP contribution in [0.5, 0.6) is 0 Å². The van der Waals surface area contributed by atoms with Gasteiger partial charge in [0.2, 0.25) is 5.71 Å². The first-order chi connectivity index (χ1) is 11.4. The molecule has 0 aliphatic heterocycles.